The summed E-state index contributed by atoms with van der Waals surface area (Å²) in [6.07, 6.45) is 7.53. The van der Waals surface area contributed by atoms with Crippen LogP contribution in [0.15, 0.2) is 36.4 Å². The number of benzene rings is 1. The van der Waals surface area contributed by atoms with Crippen molar-refractivity contribution < 1.29 is 19.1 Å². The van der Waals surface area contributed by atoms with Crippen molar-refractivity contribution in [2.24, 2.45) is 17.8 Å². The van der Waals surface area contributed by atoms with Crippen LogP contribution in [0.5, 0.6) is 0 Å². The molecule has 38 heavy (non-hydrogen) atoms. The van der Waals surface area contributed by atoms with Crippen LogP contribution in [-0.2, 0) is 19.1 Å². The van der Waals surface area contributed by atoms with Gasteiger partial charge in [0.05, 0.1) is 17.9 Å². The molecular weight excluding hydrogens is 480 g/mol. The largest absolute Gasteiger partial charge is 0.359 e. The maximum Gasteiger partial charge on any atom is 0.246 e. The van der Waals surface area contributed by atoms with Gasteiger partial charge in [0, 0.05) is 24.8 Å². The standard InChI is InChI=1S/C30H42N4O4/c1-18(2)20-10-12-21(13-11-20)31-27(35)24-23-14-15-30(38-23)25(24)29(37)34(17-16-33(4)5)26(30)28(36)32-22-9-7-6-8-19(22)3/h10-15,18-19,22-26H,6-9,16-17H2,1-5H3,(H,31,35)(H,32,36). The summed E-state index contributed by atoms with van der Waals surface area (Å²) in [5, 5.41) is 6.29. The van der Waals surface area contributed by atoms with E-state index in [2.05, 4.69) is 31.4 Å². The minimum atomic E-state index is -1.13. The van der Waals surface area contributed by atoms with E-state index < -0.39 is 29.6 Å². The van der Waals surface area contributed by atoms with Crippen molar-refractivity contribution in [3.8, 4) is 0 Å². The van der Waals surface area contributed by atoms with E-state index in [4.69, 9.17) is 4.74 Å². The van der Waals surface area contributed by atoms with E-state index in [-0.39, 0.29) is 23.8 Å². The maximum atomic E-state index is 14.0. The molecule has 3 amide bonds. The number of anilines is 1. The van der Waals surface area contributed by atoms with Crippen molar-refractivity contribution in [1.82, 2.24) is 15.1 Å². The van der Waals surface area contributed by atoms with Crippen LogP contribution in [0.25, 0.3) is 0 Å². The molecule has 2 N–H and O–H groups in total. The zero-order valence-electron chi connectivity index (χ0n) is 23.3. The number of nitrogens with one attached hydrogen (secondary N) is 2. The summed E-state index contributed by atoms with van der Waals surface area (Å²) in [4.78, 5) is 45.2. The monoisotopic (exact) mass is 522 g/mol. The molecule has 8 heteroatoms. The molecule has 1 saturated carbocycles. The van der Waals surface area contributed by atoms with E-state index in [1.165, 1.54) is 12.0 Å². The molecule has 5 rings (SSSR count). The maximum absolute atomic E-state index is 14.0. The SMILES string of the molecule is CC(C)c1ccc(NC(=O)C2C3C=CC4(O3)C2C(=O)N(CCN(C)C)C4C(=O)NC2CCCCC2C)cc1. The van der Waals surface area contributed by atoms with Crippen LogP contribution in [0.3, 0.4) is 0 Å². The zero-order valence-corrected chi connectivity index (χ0v) is 23.3. The number of hydrogen-bond acceptors (Lipinski definition) is 5. The van der Waals surface area contributed by atoms with Gasteiger partial charge in [-0.25, -0.2) is 0 Å². The van der Waals surface area contributed by atoms with Gasteiger partial charge >= 0.3 is 0 Å². The molecule has 1 aromatic rings. The number of amides is 3. The average Bonchev–Trinajstić information content (AvgIpc) is 3.51. The highest BCUT2D eigenvalue weighted by Crippen LogP contribution is 2.55. The molecule has 206 valence electrons. The normalized spacial score (nSPS) is 33.8. The Balaban J connectivity index is 1.41. The van der Waals surface area contributed by atoms with Crippen LogP contribution in [0.4, 0.5) is 5.69 Å². The third-order valence-corrected chi connectivity index (χ3v) is 9.00. The predicted molar refractivity (Wildman–Crippen MR) is 147 cm³/mol. The average molecular weight is 523 g/mol. The topological polar surface area (TPSA) is 91.0 Å². The van der Waals surface area contributed by atoms with Gasteiger partial charge in [0.2, 0.25) is 17.7 Å². The first-order chi connectivity index (χ1) is 18.1. The van der Waals surface area contributed by atoms with E-state index in [9.17, 15) is 14.4 Å². The Labute approximate surface area is 226 Å². The summed E-state index contributed by atoms with van der Waals surface area (Å²) in [6.45, 7) is 7.45. The number of rotatable bonds is 8. The van der Waals surface area contributed by atoms with Crippen molar-refractivity contribution >= 4 is 23.4 Å². The van der Waals surface area contributed by atoms with E-state index in [1.54, 1.807) is 4.90 Å². The van der Waals surface area contributed by atoms with Gasteiger partial charge in [-0.05, 0) is 56.5 Å². The third-order valence-electron chi connectivity index (χ3n) is 9.00. The van der Waals surface area contributed by atoms with Crippen LogP contribution < -0.4 is 10.6 Å². The fraction of sp³-hybridized carbons (Fsp3) is 0.633. The second-order valence-electron chi connectivity index (χ2n) is 12.2. The molecule has 0 radical (unpaired) electrons. The molecule has 2 saturated heterocycles. The summed E-state index contributed by atoms with van der Waals surface area (Å²) < 4.78 is 6.45. The Morgan fingerprint density at radius 2 is 1.84 bits per heavy atom. The number of hydrogen-bond donors (Lipinski definition) is 2. The first-order valence-electron chi connectivity index (χ1n) is 14.2. The number of carbonyl (C=O) groups excluding carboxylic acids is 3. The quantitative estimate of drug-likeness (QED) is 0.512. The Kier molecular flexibility index (Phi) is 7.40. The summed E-state index contributed by atoms with van der Waals surface area (Å²) in [5.74, 6) is -1.22. The van der Waals surface area contributed by atoms with E-state index in [1.807, 2.05) is 55.4 Å². The highest BCUT2D eigenvalue weighted by Gasteiger charge is 2.72. The Hall–Kier alpha value is -2.71. The highest BCUT2D eigenvalue weighted by atomic mass is 16.5. The molecule has 3 heterocycles. The van der Waals surface area contributed by atoms with Crippen molar-refractivity contribution in [1.29, 1.82) is 0 Å². The molecule has 3 fully saturated rings. The molecule has 4 aliphatic rings. The number of ether oxygens (including phenoxy) is 1. The fourth-order valence-electron chi connectivity index (χ4n) is 6.78. The molecule has 1 aliphatic carbocycles. The van der Waals surface area contributed by atoms with Crippen LogP contribution in [-0.4, -0.2) is 78.5 Å². The van der Waals surface area contributed by atoms with Crippen molar-refractivity contribution in [3.05, 3.63) is 42.0 Å². The lowest BCUT2D eigenvalue weighted by atomic mass is 9.74. The van der Waals surface area contributed by atoms with Crippen LogP contribution >= 0.6 is 0 Å². The second kappa shape index (κ2) is 10.5. The summed E-state index contributed by atoms with van der Waals surface area (Å²) >= 11 is 0. The van der Waals surface area contributed by atoms with Gasteiger partial charge in [-0.3, -0.25) is 14.4 Å². The van der Waals surface area contributed by atoms with Crippen molar-refractivity contribution in [2.75, 3.05) is 32.5 Å². The number of likely N-dealkylation sites (N-methyl/N-ethyl adjacent to an activating group) is 1. The van der Waals surface area contributed by atoms with E-state index >= 15 is 0 Å². The third kappa shape index (κ3) is 4.66. The minimum Gasteiger partial charge on any atom is -0.359 e. The van der Waals surface area contributed by atoms with Gasteiger partial charge < -0.3 is 25.2 Å². The van der Waals surface area contributed by atoms with Gasteiger partial charge in [0.25, 0.3) is 0 Å². The van der Waals surface area contributed by atoms with Gasteiger partial charge in [-0.2, -0.15) is 0 Å². The molecule has 7 atom stereocenters. The van der Waals surface area contributed by atoms with Crippen LogP contribution in [0.1, 0.15) is 57.9 Å². The van der Waals surface area contributed by atoms with Gasteiger partial charge in [-0.1, -0.05) is 57.9 Å². The number of nitrogens with zero attached hydrogens (tertiary/aromatic N) is 2. The molecule has 1 aromatic carbocycles. The zero-order chi connectivity index (χ0) is 27.2. The van der Waals surface area contributed by atoms with Crippen LogP contribution in [0.2, 0.25) is 0 Å². The smallest absolute Gasteiger partial charge is 0.246 e. The molecular formula is C30H42N4O4. The Morgan fingerprint density at radius 1 is 1.13 bits per heavy atom. The summed E-state index contributed by atoms with van der Waals surface area (Å²) in [6, 6.07) is 7.11. The van der Waals surface area contributed by atoms with Gasteiger partial charge in [-0.15, -0.1) is 0 Å². The van der Waals surface area contributed by atoms with Gasteiger partial charge in [0.15, 0.2) is 0 Å². The molecule has 2 bridgehead atoms. The summed E-state index contributed by atoms with van der Waals surface area (Å²) in [5.41, 5.74) is 0.756. The first-order valence-corrected chi connectivity index (χ1v) is 14.2. The molecule has 1 spiro atoms. The molecule has 0 aromatic heterocycles. The first kappa shape index (κ1) is 26.9. The number of likely N-dealkylation sites (tertiary alicyclic amines) is 1. The number of fused-ring (bicyclic) bond motifs is 1. The van der Waals surface area contributed by atoms with Crippen LogP contribution in [0, 0.1) is 17.8 Å². The molecule has 8 nitrogen and oxygen atoms in total. The van der Waals surface area contributed by atoms with E-state index in [0.717, 1.165) is 19.3 Å². The molecule has 7 unspecified atom stereocenters. The predicted octanol–water partition coefficient (Wildman–Crippen LogP) is 3.16. The minimum absolute atomic E-state index is 0.0907. The van der Waals surface area contributed by atoms with E-state index in [0.29, 0.717) is 30.6 Å². The Bertz CT molecular complexity index is 1100. The highest BCUT2D eigenvalue weighted by molar-refractivity contribution is 6.02. The van der Waals surface area contributed by atoms with Crippen molar-refractivity contribution in [2.45, 2.75) is 76.2 Å². The molecule has 3 aliphatic heterocycles. The lowest BCUT2D eigenvalue weighted by Gasteiger charge is -2.36. The number of carbonyl (C=O) groups is 3. The fourth-order valence-corrected chi connectivity index (χ4v) is 6.78. The van der Waals surface area contributed by atoms with Crippen molar-refractivity contribution in [3.63, 3.8) is 0 Å². The lowest BCUT2D eigenvalue weighted by Crippen LogP contribution is -2.58. The second-order valence-corrected chi connectivity index (χ2v) is 12.2. The lowest BCUT2D eigenvalue weighted by molar-refractivity contribution is -0.141. The van der Waals surface area contributed by atoms with Gasteiger partial charge in [0.1, 0.15) is 11.6 Å². The summed E-state index contributed by atoms with van der Waals surface area (Å²) in [7, 11) is 3.89. The Morgan fingerprint density at radius 3 is 2.50 bits per heavy atom.